The van der Waals surface area contributed by atoms with Crippen molar-refractivity contribution in [1.29, 1.82) is 0 Å². The molecule has 0 bridgehead atoms. The Kier molecular flexibility index (Phi) is 3.27. The second-order valence-electron chi connectivity index (χ2n) is 4.16. The molecule has 0 aliphatic heterocycles. The summed E-state index contributed by atoms with van der Waals surface area (Å²) in [5.41, 5.74) is 1.46. The van der Waals surface area contributed by atoms with Crippen molar-refractivity contribution < 1.29 is 4.74 Å². The lowest BCUT2D eigenvalue weighted by Gasteiger charge is -2.04. The minimum atomic E-state index is 0.741. The second-order valence-corrected chi connectivity index (χ2v) is 4.16. The molecule has 1 saturated carbocycles. The van der Waals surface area contributed by atoms with Crippen LogP contribution in [-0.2, 0) is 0 Å². The van der Waals surface area contributed by atoms with Gasteiger partial charge in [0.25, 0.3) is 0 Å². The maximum absolute atomic E-state index is 5.42. The van der Waals surface area contributed by atoms with Gasteiger partial charge in [0, 0.05) is 0 Å². The van der Waals surface area contributed by atoms with Gasteiger partial charge in [0.2, 0.25) is 0 Å². The van der Waals surface area contributed by atoms with Gasteiger partial charge in [0.1, 0.15) is 5.75 Å². The van der Waals surface area contributed by atoms with Gasteiger partial charge in [-0.25, -0.2) is 0 Å². The maximum Gasteiger partial charge on any atom is 0.119 e. The molecule has 0 aromatic heterocycles. The van der Waals surface area contributed by atoms with E-state index in [0.717, 1.165) is 30.7 Å². The van der Waals surface area contributed by atoms with Crippen LogP contribution >= 0.6 is 0 Å². The molecule has 0 heterocycles. The van der Waals surface area contributed by atoms with Crippen LogP contribution in [0.3, 0.4) is 0 Å². The molecule has 1 aliphatic carbocycles. The van der Waals surface area contributed by atoms with Gasteiger partial charge in [0.05, 0.1) is 6.61 Å². The Balaban J connectivity index is 1.94. The standard InChI is InChI=1S/C13H19NO/c1-3-15-12-6-4-10(5-7-12)13-8-11(13)9-14-2/h4-7,11,13-14H,3,8-9H2,1-2H3/t11-,13+/m0/s1. The fraction of sp³-hybridized carbons (Fsp3) is 0.538. The zero-order chi connectivity index (χ0) is 10.7. The Hall–Kier alpha value is -1.02. The lowest BCUT2D eigenvalue weighted by molar-refractivity contribution is 0.340. The average molecular weight is 205 g/mol. The van der Waals surface area contributed by atoms with Crippen LogP contribution in [0.1, 0.15) is 24.8 Å². The van der Waals surface area contributed by atoms with E-state index < -0.39 is 0 Å². The third-order valence-corrected chi connectivity index (χ3v) is 3.01. The topological polar surface area (TPSA) is 21.3 Å². The highest BCUT2D eigenvalue weighted by molar-refractivity contribution is 5.32. The first-order chi connectivity index (χ1) is 7.35. The predicted octanol–water partition coefficient (Wildman–Crippen LogP) is 2.41. The second kappa shape index (κ2) is 4.67. The largest absolute Gasteiger partial charge is 0.494 e. The number of ether oxygens (including phenoxy) is 1. The van der Waals surface area contributed by atoms with Crippen LogP contribution in [0.4, 0.5) is 0 Å². The molecule has 0 unspecified atom stereocenters. The number of nitrogens with one attached hydrogen (secondary N) is 1. The molecule has 1 aromatic carbocycles. The smallest absolute Gasteiger partial charge is 0.119 e. The lowest BCUT2D eigenvalue weighted by atomic mass is 10.1. The summed E-state index contributed by atoms with van der Waals surface area (Å²) in [5, 5.41) is 3.24. The number of hydrogen-bond donors (Lipinski definition) is 1. The highest BCUT2D eigenvalue weighted by Crippen LogP contribution is 2.47. The predicted molar refractivity (Wildman–Crippen MR) is 62.4 cm³/mol. The SMILES string of the molecule is CCOc1ccc([C@H]2C[C@H]2CNC)cc1. The van der Waals surface area contributed by atoms with Gasteiger partial charge in [0.15, 0.2) is 0 Å². The van der Waals surface area contributed by atoms with E-state index in [9.17, 15) is 0 Å². The summed E-state index contributed by atoms with van der Waals surface area (Å²) in [7, 11) is 2.02. The summed E-state index contributed by atoms with van der Waals surface area (Å²) in [5.74, 6) is 2.59. The molecule has 1 fully saturated rings. The van der Waals surface area contributed by atoms with Crippen molar-refractivity contribution in [2.75, 3.05) is 20.2 Å². The summed E-state index contributed by atoms with van der Waals surface area (Å²) in [6.45, 7) is 3.89. The van der Waals surface area contributed by atoms with Gasteiger partial charge in [-0.2, -0.15) is 0 Å². The third kappa shape index (κ3) is 2.51. The zero-order valence-electron chi connectivity index (χ0n) is 9.49. The van der Waals surface area contributed by atoms with Crippen molar-refractivity contribution in [3.8, 4) is 5.75 Å². The normalized spacial score (nSPS) is 23.9. The molecule has 15 heavy (non-hydrogen) atoms. The third-order valence-electron chi connectivity index (χ3n) is 3.01. The molecule has 1 aromatic rings. The molecule has 2 nitrogen and oxygen atoms in total. The molecule has 82 valence electrons. The number of rotatable bonds is 5. The minimum Gasteiger partial charge on any atom is -0.494 e. The Morgan fingerprint density at radius 1 is 1.33 bits per heavy atom. The molecule has 2 heteroatoms. The van der Waals surface area contributed by atoms with Crippen molar-refractivity contribution >= 4 is 0 Å². The van der Waals surface area contributed by atoms with Gasteiger partial charge in [-0.15, -0.1) is 0 Å². The molecule has 2 atom stereocenters. The van der Waals surface area contributed by atoms with E-state index in [0.29, 0.717) is 0 Å². The van der Waals surface area contributed by atoms with E-state index >= 15 is 0 Å². The highest BCUT2D eigenvalue weighted by Gasteiger charge is 2.37. The zero-order valence-corrected chi connectivity index (χ0v) is 9.49. The van der Waals surface area contributed by atoms with Crippen molar-refractivity contribution in [2.24, 2.45) is 5.92 Å². The van der Waals surface area contributed by atoms with Crippen LogP contribution in [0.5, 0.6) is 5.75 Å². The first-order valence-corrected chi connectivity index (χ1v) is 5.72. The van der Waals surface area contributed by atoms with Crippen LogP contribution in [0.15, 0.2) is 24.3 Å². The molecule has 0 amide bonds. The van der Waals surface area contributed by atoms with Gasteiger partial charge in [-0.05, 0) is 56.5 Å². The van der Waals surface area contributed by atoms with Crippen molar-refractivity contribution in [3.05, 3.63) is 29.8 Å². The van der Waals surface area contributed by atoms with Crippen LogP contribution < -0.4 is 10.1 Å². The van der Waals surface area contributed by atoms with Gasteiger partial charge in [-0.1, -0.05) is 12.1 Å². The van der Waals surface area contributed by atoms with E-state index in [-0.39, 0.29) is 0 Å². The molecule has 1 N–H and O–H groups in total. The first-order valence-electron chi connectivity index (χ1n) is 5.72. The monoisotopic (exact) mass is 205 g/mol. The van der Waals surface area contributed by atoms with E-state index in [1.807, 2.05) is 14.0 Å². The van der Waals surface area contributed by atoms with E-state index in [1.165, 1.54) is 12.0 Å². The molecule has 2 rings (SSSR count). The van der Waals surface area contributed by atoms with Crippen molar-refractivity contribution in [3.63, 3.8) is 0 Å². The average Bonchev–Trinajstić information content (AvgIpc) is 3.00. The van der Waals surface area contributed by atoms with Crippen LogP contribution in [0.25, 0.3) is 0 Å². The summed E-state index contributed by atoms with van der Waals surface area (Å²) >= 11 is 0. The highest BCUT2D eigenvalue weighted by atomic mass is 16.5. The quantitative estimate of drug-likeness (QED) is 0.797. The van der Waals surface area contributed by atoms with Crippen molar-refractivity contribution in [1.82, 2.24) is 5.32 Å². The van der Waals surface area contributed by atoms with Crippen LogP contribution in [-0.4, -0.2) is 20.2 Å². The van der Waals surface area contributed by atoms with Gasteiger partial charge in [-0.3, -0.25) is 0 Å². The summed E-state index contributed by atoms with van der Waals surface area (Å²) in [6, 6.07) is 8.55. The number of hydrogen-bond acceptors (Lipinski definition) is 2. The summed E-state index contributed by atoms with van der Waals surface area (Å²) in [6.07, 6.45) is 1.33. The molecular weight excluding hydrogens is 186 g/mol. The van der Waals surface area contributed by atoms with Crippen LogP contribution in [0, 0.1) is 5.92 Å². The Morgan fingerprint density at radius 3 is 2.67 bits per heavy atom. The maximum atomic E-state index is 5.42. The Labute approximate surface area is 91.6 Å². The van der Waals surface area contributed by atoms with E-state index in [2.05, 4.69) is 29.6 Å². The molecule has 0 spiro atoms. The van der Waals surface area contributed by atoms with Gasteiger partial charge >= 0.3 is 0 Å². The number of benzene rings is 1. The van der Waals surface area contributed by atoms with Crippen LogP contribution in [0.2, 0.25) is 0 Å². The summed E-state index contributed by atoms with van der Waals surface area (Å²) < 4.78 is 5.42. The fourth-order valence-corrected chi connectivity index (χ4v) is 2.12. The Bertz CT molecular complexity index is 307. The van der Waals surface area contributed by atoms with E-state index in [4.69, 9.17) is 4.74 Å². The van der Waals surface area contributed by atoms with Crippen molar-refractivity contribution in [2.45, 2.75) is 19.3 Å². The molecular formula is C13H19NO. The molecule has 0 saturated heterocycles. The van der Waals surface area contributed by atoms with Gasteiger partial charge < -0.3 is 10.1 Å². The molecule has 1 aliphatic rings. The summed E-state index contributed by atoms with van der Waals surface area (Å²) in [4.78, 5) is 0. The molecule has 0 radical (unpaired) electrons. The van der Waals surface area contributed by atoms with E-state index in [1.54, 1.807) is 0 Å². The lowest BCUT2D eigenvalue weighted by Crippen LogP contribution is -2.10. The Morgan fingerprint density at radius 2 is 2.07 bits per heavy atom. The minimum absolute atomic E-state index is 0.741. The first kappa shape index (κ1) is 10.5. The fourth-order valence-electron chi connectivity index (χ4n) is 2.12.